The first kappa shape index (κ1) is 24.6. The molecule has 3 aromatic carbocycles. The summed E-state index contributed by atoms with van der Waals surface area (Å²) in [6, 6.07) is 17.9. The van der Waals surface area contributed by atoms with Gasteiger partial charge in [-0.2, -0.15) is 0 Å². The van der Waals surface area contributed by atoms with Gasteiger partial charge in [0.1, 0.15) is 34.0 Å². The SMILES string of the molecule is CCOC(=O)COc1ccc(OCCCOc2ccc(Cl)cc2-n2nc3ccccc3n2)c(Cl)c1. The predicted octanol–water partition coefficient (Wildman–Crippen LogP) is 5.52. The van der Waals surface area contributed by atoms with Crippen molar-refractivity contribution in [1.29, 1.82) is 0 Å². The van der Waals surface area contributed by atoms with Crippen molar-refractivity contribution in [3.8, 4) is 22.9 Å². The van der Waals surface area contributed by atoms with Gasteiger partial charge in [0.25, 0.3) is 0 Å². The van der Waals surface area contributed by atoms with Gasteiger partial charge in [0.15, 0.2) is 6.61 Å². The number of hydrogen-bond donors (Lipinski definition) is 0. The number of hydrogen-bond acceptors (Lipinski definition) is 7. The van der Waals surface area contributed by atoms with Crippen molar-refractivity contribution in [2.45, 2.75) is 13.3 Å². The predicted molar refractivity (Wildman–Crippen MR) is 133 cm³/mol. The molecule has 0 bridgehead atoms. The molecular weight excluding hydrogens is 493 g/mol. The van der Waals surface area contributed by atoms with Gasteiger partial charge in [-0.1, -0.05) is 35.3 Å². The molecule has 0 aliphatic carbocycles. The van der Waals surface area contributed by atoms with Crippen LogP contribution >= 0.6 is 23.2 Å². The highest BCUT2D eigenvalue weighted by Crippen LogP contribution is 2.29. The molecular formula is C25H23Cl2N3O5. The third kappa shape index (κ3) is 6.55. The van der Waals surface area contributed by atoms with Crippen LogP contribution in [0.4, 0.5) is 0 Å². The first-order chi connectivity index (χ1) is 17.0. The Morgan fingerprint density at radius 2 is 1.57 bits per heavy atom. The smallest absolute Gasteiger partial charge is 0.344 e. The number of aromatic nitrogens is 3. The fourth-order valence-corrected chi connectivity index (χ4v) is 3.58. The summed E-state index contributed by atoms with van der Waals surface area (Å²) in [4.78, 5) is 12.9. The molecule has 182 valence electrons. The molecule has 0 fully saturated rings. The number of rotatable bonds is 11. The van der Waals surface area contributed by atoms with Crippen LogP contribution in [0.5, 0.6) is 17.2 Å². The summed E-state index contributed by atoms with van der Waals surface area (Å²) in [5.41, 5.74) is 2.21. The largest absolute Gasteiger partial charge is 0.492 e. The van der Waals surface area contributed by atoms with Crippen LogP contribution in [0, 0.1) is 0 Å². The van der Waals surface area contributed by atoms with Crippen LogP contribution in [-0.2, 0) is 9.53 Å². The average molecular weight is 516 g/mol. The lowest BCUT2D eigenvalue weighted by atomic mass is 10.3. The van der Waals surface area contributed by atoms with Gasteiger partial charge in [0, 0.05) is 17.5 Å². The summed E-state index contributed by atoms with van der Waals surface area (Å²) in [6.45, 7) is 2.64. The van der Waals surface area contributed by atoms with Gasteiger partial charge >= 0.3 is 5.97 Å². The molecule has 0 N–H and O–H groups in total. The van der Waals surface area contributed by atoms with Crippen molar-refractivity contribution < 1.29 is 23.7 Å². The van der Waals surface area contributed by atoms with E-state index in [2.05, 4.69) is 10.2 Å². The monoisotopic (exact) mass is 515 g/mol. The van der Waals surface area contributed by atoms with Crippen molar-refractivity contribution in [3.05, 3.63) is 70.7 Å². The number of esters is 1. The Balaban J connectivity index is 1.30. The summed E-state index contributed by atoms with van der Waals surface area (Å²) in [5, 5.41) is 9.95. The second-order valence-corrected chi connectivity index (χ2v) is 8.17. The van der Waals surface area contributed by atoms with E-state index in [4.69, 9.17) is 42.1 Å². The van der Waals surface area contributed by atoms with Crippen molar-refractivity contribution in [1.82, 2.24) is 15.0 Å². The maximum atomic E-state index is 11.4. The lowest BCUT2D eigenvalue weighted by Gasteiger charge is -2.12. The van der Waals surface area contributed by atoms with E-state index in [0.717, 1.165) is 11.0 Å². The van der Waals surface area contributed by atoms with Gasteiger partial charge in [-0.25, -0.2) is 4.79 Å². The molecule has 4 rings (SSSR count). The first-order valence-electron chi connectivity index (χ1n) is 11.0. The highest BCUT2D eigenvalue weighted by atomic mass is 35.5. The Hall–Kier alpha value is -3.49. The highest BCUT2D eigenvalue weighted by molar-refractivity contribution is 6.32. The second-order valence-electron chi connectivity index (χ2n) is 7.33. The third-order valence-corrected chi connectivity index (χ3v) is 5.32. The zero-order chi connectivity index (χ0) is 24.6. The Bertz CT molecular complexity index is 1280. The van der Waals surface area contributed by atoms with E-state index in [1.165, 1.54) is 4.80 Å². The quantitative estimate of drug-likeness (QED) is 0.192. The Labute approximate surface area is 212 Å². The fourth-order valence-electron chi connectivity index (χ4n) is 3.19. The van der Waals surface area contributed by atoms with Crippen molar-refractivity contribution in [2.24, 2.45) is 0 Å². The van der Waals surface area contributed by atoms with Crippen molar-refractivity contribution >= 4 is 40.2 Å². The zero-order valence-corrected chi connectivity index (χ0v) is 20.5. The standard InChI is InChI=1S/C25H23Cl2N3O5/c1-2-32-25(31)16-35-18-9-11-23(19(27)15-18)33-12-5-13-34-24-10-8-17(26)14-22(24)30-28-20-6-3-4-7-21(20)29-30/h3-4,6-11,14-15H,2,5,12-13,16H2,1H3. The van der Waals surface area contributed by atoms with E-state index in [0.29, 0.717) is 59.2 Å². The minimum atomic E-state index is -0.440. The minimum Gasteiger partial charge on any atom is -0.492 e. The number of benzene rings is 3. The summed E-state index contributed by atoms with van der Waals surface area (Å²) < 4.78 is 21.9. The summed E-state index contributed by atoms with van der Waals surface area (Å²) in [6.07, 6.45) is 0.605. The fraction of sp³-hybridized carbons (Fsp3) is 0.240. The normalized spacial score (nSPS) is 10.8. The van der Waals surface area contributed by atoms with Gasteiger partial charge in [-0.3, -0.25) is 0 Å². The molecule has 1 heterocycles. The van der Waals surface area contributed by atoms with E-state index < -0.39 is 5.97 Å². The zero-order valence-electron chi connectivity index (χ0n) is 18.9. The third-order valence-electron chi connectivity index (χ3n) is 4.79. The first-order valence-corrected chi connectivity index (χ1v) is 11.7. The maximum absolute atomic E-state index is 11.4. The Kier molecular flexibility index (Phi) is 8.28. The minimum absolute atomic E-state index is 0.182. The molecule has 4 aromatic rings. The number of halogens is 2. The molecule has 0 amide bonds. The lowest BCUT2D eigenvalue weighted by molar-refractivity contribution is -0.145. The van der Waals surface area contributed by atoms with Crippen molar-refractivity contribution in [2.75, 3.05) is 26.4 Å². The molecule has 0 saturated heterocycles. The van der Waals surface area contributed by atoms with E-state index in [-0.39, 0.29) is 6.61 Å². The summed E-state index contributed by atoms with van der Waals surface area (Å²) >= 11 is 12.5. The molecule has 0 unspecified atom stereocenters. The molecule has 0 aliphatic rings. The van der Waals surface area contributed by atoms with Crippen LogP contribution in [0.2, 0.25) is 10.0 Å². The number of carbonyl (C=O) groups is 1. The number of carbonyl (C=O) groups excluding carboxylic acids is 1. The van der Waals surface area contributed by atoms with Gasteiger partial charge in [0.05, 0.1) is 24.8 Å². The topological polar surface area (TPSA) is 84.7 Å². The molecule has 35 heavy (non-hydrogen) atoms. The van der Waals surface area contributed by atoms with Crippen LogP contribution in [0.3, 0.4) is 0 Å². The molecule has 10 heteroatoms. The Morgan fingerprint density at radius 3 is 2.26 bits per heavy atom. The average Bonchev–Trinajstić information content (AvgIpc) is 3.29. The van der Waals surface area contributed by atoms with Crippen LogP contribution in [0.25, 0.3) is 16.7 Å². The molecule has 8 nitrogen and oxygen atoms in total. The molecule has 0 aliphatic heterocycles. The molecule has 0 atom stereocenters. The van der Waals surface area contributed by atoms with E-state index in [1.54, 1.807) is 43.3 Å². The summed E-state index contributed by atoms with van der Waals surface area (Å²) in [5.74, 6) is 1.13. The highest BCUT2D eigenvalue weighted by Gasteiger charge is 2.12. The van der Waals surface area contributed by atoms with Crippen LogP contribution in [0.1, 0.15) is 13.3 Å². The lowest BCUT2D eigenvalue weighted by Crippen LogP contribution is -2.14. The van der Waals surface area contributed by atoms with E-state index in [1.807, 2.05) is 24.3 Å². The number of ether oxygens (including phenoxy) is 4. The van der Waals surface area contributed by atoms with Crippen LogP contribution in [-0.4, -0.2) is 47.4 Å². The van der Waals surface area contributed by atoms with Gasteiger partial charge < -0.3 is 18.9 Å². The molecule has 0 spiro atoms. The van der Waals surface area contributed by atoms with Gasteiger partial charge in [-0.05, 0) is 49.4 Å². The molecule has 0 saturated carbocycles. The van der Waals surface area contributed by atoms with E-state index in [9.17, 15) is 4.79 Å². The van der Waals surface area contributed by atoms with Crippen molar-refractivity contribution in [3.63, 3.8) is 0 Å². The van der Waals surface area contributed by atoms with Crippen LogP contribution in [0.15, 0.2) is 60.7 Å². The second kappa shape index (κ2) is 11.8. The summed E-state index contributed by atoms with van der Waals surface area (Å²) in [7, 11) is 0. The van der Waals surface area contributed by atoms with Crippen LogP contribution < -0.4 is 14.2 Å². The van der Waals surface area contributed by atoms with Gasteiger partial charge in [-0.15, -0.1) is 15.0 Å². The number of nitrogens with zero attached hydrogens (tertiary/aromatic N) is 3. The molecule has 1 aromatic heterocycles. The number of fused-ring (bicyclic) bond motifs is 1. The molecule has 0 radical (unpaired) electrons. The Morgan fingerprint density at radius 1 is 0.886 bits per heavy atom. The van der Waals surface area contributed by atoms with Gasteiger partial charge in [0.2, 0.25) is 0 Å². The van der Waals surface area contributed by atoms with E-state index >= 15 is 0 Å². The maximum Gasteiger partial charge on any atom is 0.344 e.